The molecular weight excluding hydrogens is 262 g/mol. The topological polar surface area (TPSA) is 66.4 Å². The van der Waals surface area contributed by atoms with Gasteiger partial charge in [0.15, 0.2) is 0 Å². The van der Waals surface area contributed by atoms with Gasteiger partial charge in [-0.1, -0.05) is 12.1 Å². The molecule has 4 nitrogen and oxygen atoms in total. The van der Waals surface area contributed by atoms with Crippen molar-refractivity contribution >= 4 is 29.7 Å². The number of carboxylic acids is 1. The number of hydrogen-bond donors (Lipinski definition) is 2. The summed E-state index contributed by atoms with van der Waals surface area (Å²) in [5.74, 6) is -0.305. The Kier molecular flexibility index (Phi) is 6.15. The highest BCUT2D eigenvalue weighted by molar-refractivity contribution is 7.98. The second-order valence-corrected chi connectivity index (χ2v) is 5.04. The highest BCUT2D eigenvalue weighted by Gasteiger charge is 2.09. The van der Waals surface area contributed by atoms with Gasteiger partial charge in [-0.15, -0.1) is 0 Å². The zero-order valence-electron chi connectivity index (χ0n) is 10.9. The minimum atomic E-state index is -1.01. The van der Waals surface area contributed by atoms with Crippen molar-refractivity contribution in [3.05, 3.63) is 41.5 Å². The molecule has 1 atom stereocenters. The molecule has 102 valence electrons. The van der Waals surface area contributed by atoms with Gasteiger partial charge in [0.05, 0.1) is 0 Å². The van der Waals surface area contributed by atoms with Crippen LogP contribution in [0.5, 0.6) is 0 Å². The van der Waals surface area contributed by atoms with Crippen molar-refractivity contribution < 1.29 is 14.7 Å². The highest BCUT2D eigenvalue weighted by Crippen LogP contribution is 2.08. The second-order valence-electron chi connectivity index (χ2n) is 4.13. The highest BCUT2D eigenvalue weighted by atomic mass is 32.2. The third kappa shape index (κ3) is 5.61. The molecule has 19 heavy (non-hydrogen) atoms. The SMILES string of the molecule is CSCC(C)NC(=O)c1cccc(/C=C/C(=O)O)c1. The van der Waals surface area contributed by atoms with Gasteiger partial charge in [0, 0.05) is 23.4 Å². The fourth-order valence-corrected chi connectivity index (χ4v) is 2.13. The molecule has 0 bridgehead atoms. The molecule has 1 aromatic carbocycles. The smallest absolute Gasteiger partial charge is 0.328 e. The van der Waals surface area contributed by atoms with Gasteiger partial charge in [0.1, 0.15) is 0 Å². The lowest BCUT2D eigenvalue weighted by Gasteiger charge is -2.12. The van der Waals surface area contributed by atoms with Crippen molar-refractivity contribution in [1.29, 1.82) is 0 Å². The van der Waals surface area contributed by atoms with Crippen molar-refractivity contribution in [2.75, 3.05) is 12.0 Å². The van der Waals surface area contributed by atoms with Crippen LogP contribution in [0.3, 0.4) is 0 Å². The van der Waals surface area contributed by atoms with Gasteiger partial charge >= 0.3 is 5.97 Å². The van der Waals surface area contributed by atoms with Crippen LogP contribution in [0.1, 0.15) is 22.8 Å². The van der Waals surface area contributed by atoms with E-state index in [-0.39, 0.29) is 11.9 Å². The fraction of sp³-hybridized carbons (Fsp3) is 0.286. The van der Waals surface area contributed by atoms with Crippen molar-refractivity contribution in [3.8, 4) is 0 Å². The predicted molar refractivity (Wildman–Crippen MR) is 78.4 cm³/mol. The lowest BCUT2D eigenvalue weighted by Crippen LogP contribution is -2.34. The molecular formula is C14H17NO3S. The van der Waals surface area contributed by atoms with E-state index in [1.54, 1.807) is 36.0 Å². The number of hydrogen-bond acceptors (Lipinski definition) is 3. The number of carboxylic acid groups (broad SMARTS) is 1. The molecule has 0 spiro atoms. The Labute approximate surface area is 116 Å². The van der Waals surface area contributed by atoms with E-state index < -0.39 is 5.97 Å². The largest absolute Gasteiger partial charge is 0.478 e. The van der Waals surface area contributed by atoms with Gasteiger partial charge in [-0.2, -0.15) is 11.8 Å². The van der Waals surface area contributed by atoms with Crippen LogP contribution >= 0.6 is 11.8 Å². The number of nitrogens with one attached hydrogen (secondary N) is 1. The van der Waals surface area contributed by atoms with Crippen LogP contribution in [0.2, 0.25) is 0 Å². The van der Waals surface area contributed by atoms with Gasteiger partial charge in [-0.3, -0.25) is 4.79 Å². The maximum absolute atomic E-state index is 12.0. The molecule has 0 aromatic heterocycles. The van der Waals surface area contributed by atoms with Crippen molar-refractivity contribution in [3.63, 3.8) is 0 Å². The van der Waals surface area contributed by atoms with Crippen LogP contribution in [-0.2, 0) is 4.79 Å². The zero-order valence-corrected chi connectivity index (χ0v) is 11.7. The Hall–Kier alpha value is -1.75. The molecule has 0 saturated carbocycles. The maximum Gasteiger partial charge on any atom is 0.328 e. The Morgan fingerprint density at radius 1 is 1.47 bits per heavy atom. The summed E-state index contributed by atoms with van der Waals surface area (Å²) in [5.41, 5.74) is 1.22. The molecule has 2 N–H and O–H groups in total. The van der Waals surface area contributed by atoms with E-state index in [9.17, 15) is 9.59 Å². The average molecular weight is 279 g/mol. The zero-order chi connectivity index (χ0) is 14.3. The molecule has 1 rings (SSSR count). The Bertz CT molecular complexity index is 485. The predicted octanol–water partition coefficient (Wildman–Crippen LogP) is 2.27. The standard InChI is InChI=1S/C14H17NO3S/c1-10(9-19-2)15-14(18)12-5-3-4-11(8-12)6-7-13(16)17/h3-8,10H,9H2,1-2H3,(H,15,18)(H,16,17)/b7-6+. The number of rotatable bonds is 6. The fourth-order valence-electron chi connectivity index (χ4n) is 1.55. The minimum absolute atomic E-state index is 0.0979. The first-order valence-corrected chi connectivity index (χ1v) is 7.23. The lowest BCUT2D eigenvalue weighted by atomic mass is 10.1. The molecule has 1 unspecified atom stereocenters. The molecule has 0 aliphatic rings. The number of carbonyl (C=O) groups is 2. The quantitative estimate of drug-likeness (QED) is 0.784. The van der Waals surface area contributed by atoms with E-state index in [4.69, 9.17) is 5.11 Å². The summed E-state index contributed by atoms with van der Waals surface area (Å²) in [7, 11) is 0. The summed E-state index contributed by atoms with van der Waals surface area (Å²) in [6.07, 6.45) is 4.50. The van der Waals surface area contributed by atoms with Crippen LogP contribution in [0.4, 0.5) is 0 Å². The Balaban J connectivity index is 2.75. The molecule has 0 fully saturated rings. The van der Waals surface area contributed by atoms with Crippen molar-refractivity contribution in [1.82, 2.24) is 5.32 Å². The summed E-state index contributed by atoms with van der Waals surface area (Å²) >= 11 is 1.67. The molecule has 1 aromatic rings. The Morgan fingerprint density at radius 3 is 2.84 bits per heavy atom. The first-order valence-electron chi connectivity index (χ1n) is 5.84. The van der Waals surface area contributed by atoms with Crippen LogP contribution in [0, 0.1) is 0 Å². The molecule has 0 aliphatic carbocycles. The summed E-state index contributed by atoms with van der Waals surface area (Å²) < 4.78 is 0. The summed E-state index contributed by atoms with van der Waals surface area (Å²) in [5, 5.41) is 11.5. The van der Waals surface area contributed by atoms with E-state index in [1.165, 1.54) is 6.08 Å². The summed E-state index contributed by atoms with van der Waals surface area (Å²) in [6.45, 7) is 1.95. The number of amides is 1. The van der Waals surface area contributed by atoms with Crippen LogP contribution in [0.25, 0.3) is 6.08 Å². The number of aliphatic carboxylic acids is 1. The van der Waals surface area contributed by atoms with Gasteiger partial charge in [0.2, 0.25) is 0 Å². The van der Waals surface area contributed by atoms with E-state index in [0.29, 0.717) is 11.1 Å². The molecule has 0 radical (unpaired) electrons. The monoisotopic (exact) mass is 279 g/mol. The number of benzene rings is 1. The lowest BCUT2D eigenvalue weighted by molar-refractivity contribution is -0.131. The molecule has 0 heterocycles. The van der Waals surface area contributed by atoms with Gasteiger partial charge in [0.25, 0.3) is 5.91 Å². The number of carbonyl (C=O) groups excluding carboxylic acids is 1. The molecule has 1 amide bonds. The molecule has 0 aliphatic heterocycles. The van der Waals surface area contributed by atoms with E-state index >= 15 is 0 Å². The first kappa shape index (κ1) is 15.3. The second kappa shape index (κ2) is 7.63. The average Bonchev–Trinajstić information content (AvgIpc) is 2.37. The molecule has 0 saturated heterocycles. The van der Waals surface area contributed by atoms with Gasteiger partial charge < -0.3 is 10.4 Å². The first-order chi connectivity index (χ1) is 9.02. The van der Waals surface area contributed by atoms with Crippen molar-refractivity contribution in [2.24, 2.45) is 0 Å². The van der Waals surface area contributed by atoms with Crippen LogP contribution in [0.15, 0.2) is 30.3 Å². The third-order valence-electron chi connectivity index (χ3n) is 2.36. The van der Waals surface area contributed by atoms with Crippen molar-refractivity contribution in [2.45, 2.75) is 13.0 Å². The normalized spacial score (nSPS) is 12.3. The van der Waals surface area contributed by atoms with Gasteiger partial charge in [-0.25, -0.2) is 4.79 Å². The van der Waals surface area contributed by atoms with E-state index in [2.05, 4.69) is 5.32 Å². The number of thioether (sulfide) groups is 1. The van der Waals surface area contributed by atoms with E-state index in [1.807, 2.05) is 13.2 Å². The summed E-state index contributed by atoms with van der Waals surface area (Å²) in [6, 6.07) is 6.96. The molecule has 5 heteroatoms. The Morgan fingerprint density at radius 2 is 2.21 bits per heavy atom. The maximum atomic E-state index is 12.0. The van der Waals surface area contributed by atoms with Crippen LogP contribution < -0.4 is 5.32 Å². The van der Waals surface area contributed by atoms with E-state index in [0.717, 1.165) is 11.8 Å². The van der Waals surface area contributed by atoms with Gasteiger partial charge in [-0.05, 0) is 37.0 Å². The third-order valence-corrected chi connectivity index (χ3v) is 3.19. The minimum Gasteiger partial charge on any atom is -0.478 e. The van der Waals surface area contributed by atoms with Crippen LogP contribution in [-0.4, -0.2) is 35.0 Å². The summed E-state index contributed by atoms with van der Waals surface area (Å²) in [4.78, 5) is 22.4.